The Labute approximate surface area is 119 Å². The standard InChI is InChI=1S/C14H20N2O2S/c1-9(2)16(7-6-13(15)19)14(18)11-5-4-10(3)8-12(11)17/h4-5,8-9,17H,6-7H2,1-3H3,(H2,15,19). The molecule has 0 fully saturated rings. The number of carbonyl (C=O) groups excluding carboxylic acids is 1. The molecule has 0 aliphatic heterocycles. The van der Waals surface area contributed by atoms with Gasteiger partial charge in [-0.05, 0) is 38.5 Å². The van der Waals surface area contributed by atoms with E-state index >= 15 is 0 Å². The molecule has 1 rings (SSSR count). The van der Waals surface area contributed by atoms with E-state index in [0.29, 0.717) is 23.5 Å². The second kappa shape index (κ2) is 6.52. The molecule has 0 unspecified atom stereocenters. The van der Waals surface area contributed by atoms with Crippen molar-refractivity contribution in [2.75, 3.05) is 6.54 Å². The highest BCUT2D eigenvalue weighted by Crippen LogP contribution is 2.21. The van der Waals surface area contributed by atoms with Crippen LogP contribution in [0.3, 0.4) is 0 Å². The second-order valence-corrected chi connectivity index (χ2v) is 5.35. The molecule has 1 amide bonds. The van der Waals surface area contributed by atoms with Gasteiger partial charge in [0.25, 0.3) is 5.91 Å². The molecule has 1 aromatic carbocycles. The number of amides is 1. The van der Waals surface area contributed by atoms with E-state index in [1.54, 1.807) is 23.1 Å². The van der Waals surface area contributed by atoms with E-state index in [9.17, 15) is 9.90 Å². The Balaban J connectivity index is 2.95. The maximum Gasteiger partial charge on any atom is 0.257 e. The molecule has 3 N–H and O–H groups in total. The smallest absolute Gasteiger partial charge is 0.257 e. The first-order valence-corrected chi connectivity index (χ1v) is 6.62. The number of nitrogens with zero attached hydrogens (tertiary/aromatic N) is 1. The van der Waals surface area contributed by atoms with E-state index in [1.165, 1.54) is 0 Å². The van der Waals surface area contributed by atoms with Crippen molar-refractivity contribution in [2.45, 2.75) is 33.2 Å². The van der Waals surface area contributed by atoms with Crippen molar-refractivity contribution in [3.8, 4) is 5.75 Å². The van der Waals surface area contributed by atoms with E-state index < -0.39 is 0 Å². The van der Waals surface area contributed by atoms with Gasteiger partial charge >= 0.3 is 0 Å². The molecular formula is C14H20N2O2S. The summed E-state index contributed by atoms with van der Waals surface area (Å²) in [6.45, 7) is 6.16. The van der Waals surface area contributed by atoms with Crippen LogP contribution in [0.5, 0.6) is 5.75 Å². The fourth-order valence-electron chi connectivity index (χ4n) is 1.80. The van der Waals surface area contributed by atoms with Crippen molar-refractivity contribution in [1.82, 2.24) is 4.90 Å². The average molecular weight is 280 g/mol. The zero-order valence-electron chi connectivity index (χ0n) is 11.5. The predicted molar refractivity (Wildman–Crippen MR) is 80.4 cm³/mol. The second-order valence-electron chi connectivity index (χ2n) is 4.83. The molecule has 0 aliphatic rings. The van der Waals surface area contributed by atoms with Gasteiger partial charge in [-0.25, -0.2) is 0 Å². The summed E-state index contributed by atoms with van der Waals surface area (Å²) < 4.78 is 0. The molecule has 1 aromatic rings. The summed E-state index contributed by atoms with van der Waals surface area (Å²) in [6, 6.07) is 5.05. The van der Waals surface area contributed by atoms with Crippen LogP contribution in [0.4, 0.5) is 0 Å². The molecule has 0 radical (unpaired) electrons. The highest BCUT2D eigenvalue weighted by Gasteiger charge is 2.21. The first kappa shape index (κ1) is 15.4. The monoisotopic (exact) mass is 280 g/mol. The first-order chi connectivity index (χ1) is 8.82. The van der Waals surface area contributed by atoms with E-state index in [0.717, 1.165) is 5.56 Å². The quantitative estimate of drug-likeness (QED) is 0.812. The number of phenolic OH excluding ortho intramolecular Hbond substituents is 1. The zero-order valence-corrected chi connectivity index (χ0v) is 12.3. The van der Waals surface area contributed by atoms with Gasteiger partial charge in [-0.1, -0.05) is 18.3 Å². The minimum Gasteiger partial charge on any atom is -0.507 e. The molecule has 0 heterocycles. The Morgan fingerprint density at radius 1 is 1.47 bits per heavy atom. The van der Waals surface area contributed by atoms with Crippen LogP contribution >= 0.6 is 12.2 Å². The number of aromatic hydroxyl groups is 1. The van der Waals surface area contributed by atoms with Crippen molar-refractivity contribution in [2.24, 2.45) is 5.73 Å². The normalized spacial score (nSPS) is 10.5. The van der Waals surface area contributed by atoms with Crippen LogP contribution in [0, 0.1) is 6.92 Å². The van der Waals surface area contributed by atoms with Gasteiger partial charge in [0.1, 0.15) is 5.75 Å². The molecule has 0 bridgehead atoms. The molecule has 5 heteroatoms. The van der Waals surface area contributed by atoms with E-state index in [1.807, 2.05) is 20.8 Å². The molecule has 0 saturated carbocycles. The van der Waals surface area contributed by atoms with Gasteiger partial charge in [-0.15, -0.1) is 0 Å². The van der Waals surface area contributed by atoms with Gasteiger partial charge in [0, 0.05) is 19.0 Å². The van der Waals surface area contributed by atoms with Crippen LogP contribution in [-0.2, 0) is 0 Å². The first-order valence-electron chi connectivity index (χ1n) is 6.21. The Morgan fingerprint density at radius 3 is 2.58 bits per heavy atom. The lowest BCUT2D eigenvalue weighted by Gasteiger charge is -2.27. The van der Waals surface area contributed by atoms with Crippen molar-refractivity contribution in [3.63, 3.8) is 0 Å². The third-order valence-corrected chi connectivity index (χ3v) is 3.07. The zero-order chi connectivity index (χ0) is 14.6. The summed E-state index contributed by atoms with van der Waals surface area (Å²) in [6.07, 6.45) is 0.478. The van der Waals surface area contributed by atoms with Crippen molar-refractivity contribution in [1.29, 1.82) is 0 Å². The highest BCUT2D eigenvalue weighted by molar-refractivity contribution is 7.80. The summed E-state index contributed by atoms with van der Waals surface area (Å²) in [5.41, 5.74) is 6.69. The van der Waals surface area contributed by atoms with Crippen molar-refractivity contribution < 1.29 is 9.90 Å². The summed E-state index contributed by atoms with van der Waals surface area (Å²) in [7, 11) is 0. The Morgan fingerprint density at radius 2 is 2.11 bits per heavy atom. The SMILES string of the molecule is Cc1ccc(C(=O)N(CCC(N)=S)C(C)C)c(O)c1. The van der Waals surface area contributed by atoms with Gasteiger partial charge in [0.15, 0.2) is 0 Å². The third kappa shape index (κ3) is 4.21. The van der Waals surface area contributed by atoms with Crippen molar-refractivity contribution in [3.05, 3.63) is 29.3 Å². The fraction of sp³-hybridized carbons (Fsp3) is 0.429. The van der Waals surface area contributed by atoms with Crippen LogP contribution in [0.15, 0.2) is 18.2 Å². The van der Waals surface area contributed by atoms with Gasteiger partial charge in [0.05, 0.1) is 10.6 Å². The number of aryl methyl sites for hydroxylation is 1. The van der Waals surface area contributed by atoms with Crippen LogP contribution in [-0.4, -0.2) is 33.5 Å². The van der Waals surface area contributed by atoms with E-state index in [-0.39, 0.29) is 17.7 Å². The lowest BCUT2D eigenvalue weighted by atomic mass is 10.1. The van der Waals surface area contributed by atoms with Crippen LogP contribution in [0.2, 0.25) is 0 Å². The number of hydrogen-bond acceptors (Lipinski definition) is 3. The Bertz CT molecular complexity index is 486. The molecular weight excluding hydrogens is 260 g/mol. The topological polar surface area (TPSA) is 66.6 Å². The van der Waals surface area contributed by atoms with Crippen molar-refractivity contribution >= 4 is 23.1 Å². The number of benzene rings is 1. The summed E-state index contributed by atoms with van der Waals surface area (Å²) in [4.78, 5) is 14.5. The molecule has 19 heavy (non-hydrogen) atoms. The van der Waals surface area contributed by atoms with Gasteiger partial charge < -0.3 is 15.7 Å². The summed E-state index contributed by atoms with van der Waals surface area (Å²) >= 11 is 4.84. The van der Waals surface area contributed by atoms with E-state index in [2.05, 4.69) is 0 Å². The summed E-state index contributed by atoms with van der Waals surface area (Å²) in [5, 5.41) is 9.87. The molecule has 104 valence electrons. The van der Waals surface area contributed by atoms with Crippen LogP contribution in [0.1, 0.15) is 36.2 Å². The number of carbonyl (C=O) groups is 1. The molecule has 0 aromatic heterocycles. The maximum absolute atomic E-state index is 12.4. The van der Waals surface area contributed by atoms with E-state index in [4.69, 9.17) is 18.0 Å². The number of rotatable bonds is 5. The minimum absolute atomic E-state index is 0.00553. The minimum atomic E-state index is -0.205. The maximum atomic E-state index is 12.4. The Kier molecular flexibility index (Phi) is 5.30. The molecule has 0 aliphatic carbocycles. The van der Waals surface area contributed by atoms with Crippen LogP contribution < -0.4 is 5.73 Å². The van der Waals surface area contributed by atoms with Gasteiger partial charge in [-0.2, -0.15) is 0 Å². The number of phenols is 1. The van der Waals surface area contributed by atoms with Gasteiger partial charge in [-0.3, -0.25) is 4.79 Å². The number of nitrogens with two attached hydrogens (primary N) is 1. The molecule has 4 nitrogen and oxygen atoms in total. The number of thiocarbonyl (C=S) groups is 1. The molecule has 0 saturated heterocycles. The average Bonchev–Trinajstić information content (AvgIpc) is 2.27. The highest BCUT2D eigenvalue weighted by atomic mass is 32.1. The largest absolute Gasteiger partial charge is 0.507 e. The lowest BCUT2D eigenvalue weighted by Crippen LogP contribution is -2.39. The summed E-state index contributed by atoms with van der Waals surface area (Å²) in [5.74, 6) is -0.199. The fourth-order valence-corrected chi connectivity index (χ4v) is 1.89. The predicted octanol–water partition coefficient (Wildman–Crippen LogP) is 2.23. The molecule has 0 atom stereocenters. The third-order valence-electron chi connectivity index (χ3n) is 2.87. The lowest BCUT2D eigenvalue weighted by molar-refractivity contribution is 0.0708. The molecule has 0 spiro atoms. The number of hydrogen-bond donors (Lipinski definition) is 2. The Hall–Kier alpha value is -1.62. The van der Waals surface area contributed by atoms with Gasteiger partial charge in [0.2, 0.25) is 0 Å². The van der Waals surface area contributed by atoms with Crippen LogP contribution in [0.25, 0.3) is 0 Å².